The zero-order chi connectivity index (χ0) is 17.8. The Labute approximate surface area is 149 Å². The SMILES string of the molecule is CC(=O)N1CCCC1C(=O)N(C)Cc1ccc(-c2ccccc2)cc1. The second kappa shape index (κ2) is 7.51. The van der Waals surface area contributed by atoms with Crippen LogP contribution in [0.3, 0.4) is 0 Å². The van der Waals surface area contributed by atoms with E-state index in [0.717, 1.165) is 24.0 Å². The van der Waals surface area contributed by atoms with Gasteiger partial charge in [-0.1, -0.05) is 54.6 Å². The summed E-state index contributed by atoms with van der Waals surface area (Å²) in [6.07, 6.45) is 1.66. The quantitative estimate of drug-likeness (QED) is 0.859. The first-order valence-corrected chi connectivity index (χ1v) is 8.73. The van der Waals surface area contributed by atoms with E-state index in [1.807, 2.05) is 25.2 Å². The van der Waals surface area contributed by atoms with Gasteiger partial charge in [-0.3, -0.25) is 9.59 Å². The molecule has 1 unspecified atom stereocenters. The minimum Gasteiger partial charge on any atom is -0.340 e. The summed E-state index contributed by atoms with van der Waals surface area (Å²) >= 11 is 0. The van der Waals surface area contributed by atoms with E-state index in [-0.39, 0.29) is 17.9 Å². The van der Waals surface area contributed by atoms with Gasteiger partial charge in [-0.25, -0.2) is 0 Å². The third kappa shape index (κ3) is 3.90. The topological polar surface area (TPSA) is 40.6 Å². The summed E-state index contributed by atoms with van der Waals surface area (Å²) in [4.78, 5) is 27.8. The summed E-state index contributed by atoms with van der Waals surface area (Å²) in [5, 5.41) is 0. The molecule has 2 aromatic rings. The summed E-state index contributed by atoms with van der Waals surface area (Å²) in [5.74, 6) is 0.0105. The number of hydrogen-bond donors (Lipinski definition) is 0. The number of likely N-dealkylation sites (tertiary alicyclic amines) is 1. The standard InChI is InChI=1S/C21H24N2O2/c1-16(24)23-14-6-9-20(23)21(25)22(2)15-17-10-12-19(13-11-17)18-7-4-3-5-8-18/h3-5,7-8,10-13,20H,6,9,14-15H2,1-2H3. The van der Waals surface area contributed by atoms with Crippen molar-refractivity contribution in [1.82, 2.24) is 9.80 Å². The Bertz CT molecular complexity index is 740. The maximum absolute atomic E-state index is 12.7. The summed E-state index contributed by atoms with van der Waals surface area (Å²) in [6.45, 7) is 2.77. The van der Waals surface area contributed by atoms with Crippen LogP contribution >= 0.6 is 0 Å². The van der Waals surface area contributed by atoms with Gasteiger partial charge in [0.05, 0.1) is 0 Å². The molecule has 0 saturated carbocycles. The lowest BCUT2D eigenvalue weighted by Crippen LogP contribution is -2.45. The summed E-state index contributed by atoms with van der Waals surface area (Å²) < 4.78 is 0. The van der Waals surface area contributed by atoms with Crippen molar-refractivity contribution in [3.05, 3.63) is 60.2 Å². The maximum Gasteiger partial charge on any atom is 0.245 e. The molecule has 2 aromatic carbocycles. The van der Waals surface area contributed by atoms with E-state index in [9.17, 15) is 9.59 Å². The van der Waals surface area contributed by atoms with E-state index >= 15 is 0 Å². The van der Waals surface area contributed by atoms with Crippen molar-refractivity contribution in [3.63, 3.8) is 0 Å². The molecule has 0 spiro atoms. The number of carbonyl (C=O) groups excluding carboxylic acids is 2. The normalized spacial score (nSPS) is 16.7. The van der Waals surface area contributed by atoms with Gasteiger partial charge < -0.3 is 9.80 Å². The van der Waals surface area contributed by atoms with E-state index in [4.69, 9.17) is 0 Å². The van der Waals surface area contributed by atoms with E-state index in [2.05, 4.69) is 36.4 Å². The van der Waals surface area contributed by atoms with Crippen LogP contribution in [-0.4, -0.2) is 41.2 Å². The fourth-order valence-electron chi connectivity index (χ4n) is 3.44. The highest BCUT2D eigenvalue weighted by atomic mass is 16.2. The fourth-order valence-corrected chi connectivity index (χ4v) is 3.44. The highest BCUT2D eigenvalue weighted by Crippen LogP contribution is 2.22. The largest absolute Gasteiger partial charge is 0.340 e. The summed E-state index contributed by atoms with van der Waals surface area (Å²) in [5.41, 5.74) is 3.43. The molecule has 1 heterocycles. The van der Waals surface area contributed by atoms with Gasteiger partial charge in [0.1, 0.15) is 6.04 Å². The molecule has 25 heavy (non-hydrogen) atoms. The molecule has 4 nitrogen and oxygen atoms in total. The van der Waals surface area contributed by atoms with Crippen LogP contribution < -0.4 is 0 Å². The first-order valence-electron chi connectivity index (χ1n) is 8.73. The average molecular weight is 336 g/mol. The zero-order valence-corrected chi connectivity index (χ0v) is 14.8. The minimum absolute atomic E-state index is 0.0172. The highest BCUT2D eigenvalue weighted by Gasteiger charge is 2.33. The van der Waals surface area contributed by atoms with Crippen LogP contribution in [0.15, 0.2) is 54.6 Å². The molecule has 0 bridgehead atoms. The zero-order valence-electron chi connectivity index (χ0n) is 14.8. The Hall–Kier alpha value is -2.62. The molecule has 0 aliphatic carbocycles. The Morgan fingerprint density at radius 1 is 1.04 bits per heavy atom. The third-order valence-electron chi connectivity index (χ3n) is 4.80. The van der Waals surface area contributed by atoms with Gasteiger partial charge in [-0.05, 0) is 29.5 Å². The molecule has 1 aliphatic rings. The van der Waals surface area contributed by atoms with Gasteiger partial charge in [-0.2, -0.15) is 0 Å². The van der Waals surface area contributed by atoms with Crippen molar-refractivity contribution in [2.24, 2.45) is 0 Å². The van der Waals surface area contributed by atoms with Crippen molar-refractivity contribution >= 4 is 11.8 Å². The van der Waals surface area contributed by atoms with Crippen LogP contribution in [0.25, 0.3) is 11.1 Å². The lowest BCUT2D eigenvalue weighted by Gasteiger charge is -2.27. The smallest absolute Gasteiger partial charge is 0.245 e. The van der Waals surface area contributed by atoms with Crippen molar-refractivity contribution in [2.75, 3.05) is 13.6 Å². The number of amides is 2. The third-order valence-corrected chi connectivity index (χ3v) is 4.80. The Kier molecular flexibility index (Phi) is 5.17. The van der Waals surface area contributed by atoms with E-state index in [1.165, 1.54) is 12.5 Å². The first-order chi connectivity index (χ1) is 12.1. The van der Waals surface area contributed by atoms with Gasteiger partial charge in [0.15, 0.2) is 0 Å². The van der Waals surface area contributed by atoms with Crippen molar-refractivity contribution in [3.8, 4) is 11.1 Å². The number of nitrogens with zero attached hydrogens (tertiary/aromatic N) is 2. The monoisotopic (exact) mass is 336 g/mol. The molecule has 0 aromatic heterocycles. The second-order valence-electron chi connectivity index (χ2n) is 6.63. The lowest BCUT2D eigenvalue weighted by molar-refractivity contribution is -0.142. The van der Waals surface area contributed by atoms with Crippen molar-refractivity contribution in [1.29, 1.82) is 0 Å². The van der Waals surface area contributed by atoms with Gasteiger partial charge in [-0.15, -0.1) is 0 Å². The molecule has 4 heteroatoms. The predicted molar refractivity (Wildman–Crippen MR) is 98.8 cm³/mol. The summed E-state index contributed by atoms with van der Waals surface area (Å²) in [6, 6.07) is 18.2. The van der Waals surface area contributed by atoms with Crippen molar-refractivity contribution < 1.29 is 9.59 Å². The van der Waals surface area contributed by atoms with E-state index in [0.29, 0.717) is 13.1 Å². The molecular weight excluding hydrogens is 312 g/mol. The Morgan fingerprint density at radius 2 is 1.68 bits per heavy atom. The van der Waals surface area contributed by atoms with Crippen LogP contribution in [0.5, 0.6) is 0 Å². The molecule has 2 amide bonds. The molecule has 1 aliphatic heterocycles. The van der Waals surface area contributed by atoms with Gasteiger partial charge in [0.25, 0.3) is 0 Å². The van der Waals surface area contributed by atoms with Gasteiger partial charge >= 0.3 is 0 Å². The van der Waals surface area contributed by atoms with Crippen LogP contribution in [0.1, 0.15) is 25.3 Å². The number of benzene rings is 2. The molecular formula is C21H24N2O2. The molecule has 0 radical (unpaired) electrons. The first kappa shape index (κ1) is 17.2. The van der Waals surface area contributed by atoms with Crippen molar-refractivity contribution in [2.45, 2.75) is 32.4 Å². The van der Waals surface area contributed by atoms with Crippen LogP contribution in [0.2, 0.25) is 0 Å². The minimum atomic E-state index is -0.300. The number of carbonyl (C=O) groups is 2. The van der Waals surface area contributed by atoms with E-state index < -0.39 is 0 Å². The molecule has 0 N–H and O–H groups in total. The summed E-state index contributed by atoms with van der Waals surface area (Å²) in [7, 11) is 1.81. The maximum atomic E-state index is 12.7. The molecule has 130 valence electrons. The number of likely N-dealkylation sites (N-methyl/N-ethyl adjacent to an activating group) is 1. The average Bonchev–Trinajstić information content (AvgIpc) is 3.12. The Balaban J connectivity index is 1.65. The Morgan fingerprint density at radius 3 is 2.32 bits per heavy atom. The van der Waals surface area contributed by atoms with E-state index in [1.54, 1.807) is 9.80 Å². The van der Waals surface area contributed by atoms with Gasteiger partial charge in [0, 0.05) is 27.1 Å². The molecule has 1 atom stereocenters. The molecule has 1 fully saturated rings. The highest BCUT2D eigenvalue weighted by molar-refractivity contribution is 5.87. The fraction of sp³-hybridized carbons (Fsp3) is 0.333. The van der Waals surface area contributed by atoms with Crippen LogP contribution in [0.4, 0.5) is 0 Å². The lowest BCUT2D eigenvalue weighted by atomic mass is 10.0. The van der Waals surface area contributed by atoms with Crippen LogP contribution in [0, 0.1) is 0 Å². The van der Waals surface area contributed by atoms with Gasteiger partial charge in [0.2, 0.25) is 11.8 Å². The van der Waals surface area contributed by atoms with Crippen LogP contribution in [-0.2, 0) is 16.1 Å². The molecule has 3 rings (SSSR count). The predicted octanol–water partition coefficient (Wildman–Crippen LogP) is 3.32. The number of rotatable bonds is 4. The number of hydrogen-bond acceptors (Lipinski definition) is 2. The molecule has 1 saturated heterocycles. The second-order valence-corrected chi connectivity index (χ2v) is 6.63.